The summed E-state index contributed by atoms with van der Waals surface area (Å²) in [6.45, 7) is 6.85. The highest BCUT2D eigenvalue weighted by Gasteiger charge is 1.97. The Morgan fingerprint density at radius 1 is 0.220 bits per heavy atom. The second-order valence-electron chi connectivity index (χ2n) is 13.7. The largest absolute Gasteiger partial charge is 0.317 e. The SMILES string of the molecule is CCCCCCCCCCCCCCCCCCCCCCCCCCCCCCCCCCCCCCNCC. The van der Waals surface area contributed by atoms with Crippen LogP contribution in [0.15, 0.2) is 0 Å². The van der Waals surface area contributed by atoms with Crippen LogP contribution in [-0.2, 0) is 0 Å². The van der Waals surface area contributed by atoms with Crippen LogP contribution in [0.4, 0.5) is 0 Å². The quantitative estimate of drug-likeness (QED) is 0.0719. The molecule has 1 nitrogen and oxygen atoms in total. The molecule has 0 aromatic rings. The first-order valence-electron chi connectivity index (χ1n) is 20.1. The standard InChI is InChI=1S/C40H83N/c1-3-5-6-7-8-9-10-11-12-13-14-15-16-17-18-19-20-21-22-23-24-25-26-27-28-29-30-31-32-33-34-35-36-37-38-39-40-41-4-2/h41H,3-40H2,1-2H3. The van der Waals surface area contributed by atoms with Gasteiger partial charge in [0.15, 0.2) is 0 Å². The third-order valence-corrected chi connectivity index (χ3v) is 9.46. The molecule has 248 valence electrons. The highest BCUT2D eigenvalue weighted by molar-refractivity contribution is 4.53. The Bertz CT molecular complexity index is 381. The predicted octanol–water partition coefficient (Wildman–Crippen LogP) is 14.7. The highest BCUT2D eigenvalue weighted by Crippen LogP contribution is 2.17. The van der Waals surface area contributed by atoms with Gasteiger partial charge in [-0.15, -0.1) is 0 Å². The molecule has 0 spiro atoms. The van der Waals surface area contributed by atoms with Crippen LogP contribution >= 0.6 is 0 Å². The zero-order valence-electron chi connectivity index (χ0n) is 29.4. The molecule has 1 N–H and O–H groups in total. The monoisotopic (exact) mass is 578 g/mol. The van der Waals surface area contributed by atoms with Gasteiger partial charge in [0.05, 0.1) is 0 Å². The normalized spacial score (nSPS) is 11.6. The fraction of sp³-hybridized carbons (Fsp3) is 1.00. The minimum atomic E-state index is 1.12. The lowest BCUT2D eigenvalue weighted by Gasteiger charge is -2.05. The number of hydrogen-bond acceptors (Lipinski definition) is 1. The van der Waals surface area contributed by atoms with Crippen molar-refractivity contribution in [1.29, 1.82) is 0 Å². The van der Waals surface area contributed by atoms with E-state index in [4.69, 9.17) is 0 Å². The third kappa shape index (κ3) is 40.0. The van der Waals surface area contributed by atoms with E-state index >= 15 is 0 Å². The van der Waals surface area contributed by atoms with E-state index in [9.17, 15) is 0 Å². The first kappa shape index (κ1) is 41.0. The van der Waals surface area contributed by atoms with Crippen molar-refractivity contribution >= 4 is 0 Å². The molecule has 0 bridgehead atoms. The van der Waals surface area contributed by atoms with E-state index in [0.717, 1.165) is 6.54 Å². The van der Waals surface area contributed by atoms with Gasteiger partial charge in [-0.2, -0.15) is 0 Å². The smallest absolute Gasteiger partial charge is 0.00490 e. The Morgan fingerprint density at radius 3 is 0.561 bits per heavy atom. The van der Waals surface area contributed by atoms with Crippen LogP contribution < -0.4 is 5.32 Å². The fourth-order valence-electron chi connectivity index (χ4n) is 6.51. The van der Waals surface area contributed by atoms with Crippen LogP contribution in [-0.4, -0.2) is 13.1 Å². The van der Waals surface area contributed by atoms with Crippen LogP contribution in [0, 0.1) is 0 Å². The molecule has 1 heteroatoms. The summed E-state index contributed by atoms with van der Waals surface area (Å²) in [5, 5.41) is 3.42. The maximum Gasteiger partial charge on any atom is -0.00490 e. The Hall–Kier alpha value is -0.0400. The van der Waals surface area contributed by atoms with Crippen molar-refractivity contribution in [3.05, 3.63) is 0 Å². The molecule has 0 saturated heterocycles. The van der Waals surface area contributed by atoms with E-state index in [1.54, 1.807) is 0 Å². The Balaban J connectivity index is 3.02. The second-order valence-corrected chi connectivity index (χ2v) is 13.7. The summed E-state index contributed by atoms with van der Waals surface area (Å²) in [6.07, 6.45) is 53.2. The van der Waals surface area contributed by atoms with Gasteiger partial charge in [0, 0.05) is 0 Å². The van der Waals surface area contributed by atoms with Crippen LogP contribution in [0.25, 0.3) is 0 Å². The fourth-order valence-corrected chi connectivity index (χ4v) is 6.51. The minimum Gasteiger partial charge on any atom is -0.317 e. The van der Waals surface area contributed by atoms with Crippen LogP contribution in [0.1, 0.15) is 245 Å². The van der Waals surface area contributed by atoms with E-state index in [1.807, 2.05) is 0 Å². The molecule has 0 aromatic carbocycles. The summed E-state index contributed by atoms with van der Waals surface area (Å²) in [6, 6.07) is 0. The van der Waals surface area contributed by atoms with Gasteiger partial charge in [0.2, 0.25) is 0 Å². The van der Waals surface area contributed by atoms with Gasteiger partial charge in [-0.3, -0.25) is 0 Å². The number of rotatable bonds is 38. The van der Waals surface area contributed by atoms with Crippen LogP contribution in [0.5, 0.6) is 0 Å². The molecule has 0 aliphatic heterocycles. The van der Waals surface area contributed by atoms with Crippen molar-refractivity contribution in [3.8, 4) is 0 Å². The average Bonchev–Trinajstić information content (AvgIpc) is 2.98. The molecule has 0 aromatic heterocycles. The molecule has 0 aliphatic carbocycles. The van der Waals surface area contributed by atoms with E-state index < -0.39 is 0 Å². The van der Waals surface area contributed by atoms with Gasteiger partial charge in [-0.05, 0) is 19.5 Å². The molecule has 0 radical (unpaired) electrons. The van der Waals surface area contributed by atoms with Gasteiger partial charge in [0.1, 0.15) is 0 Å². The molecule has 41 heavy (non-hydrogen) atoms. The molecule has 0 saturated carbocycles. The van der Waals surface area contributed by atoms with Gasteiger partial charge in [-0.25, -0.2) is 0 Å². The Kier molecular flexibility index (Phi) is 39.9. The topological polar surface area (TPSA) is 12.0 Å². The summed E-state index contributed by atoms with van der Waals surface area (Å²) in [7, 11) is 0. The number of unbranched alkanes of at least 4 members (excludes halogenated alkanes) is 35. The molecule has 0 unspecified atom stereocenters. The summed E-state index contributed by atoms with van der Waals surface area (Å²) < 4.78 is 0. The van der Waals surface area contributed by atoms with Crippen molar-refractivity contribution in [2.45, 2.75) is 245 Å². The molecule has 0 atom stereocenters. The maximum absolute atomic E-state index is 3.42. The zero-order chi connectivity index (χ0) is 29.6. The Morgan fingerprint density at radius 2 is 0.390 bits per heavy atom. The van der Waals surface area contributed by atoms with Gasteiger partial charge >= 0.3 is 0 Å². The summed E-state index contributed by atoms with van der Waals surface area (Å²) in [5.41, 5.74) is 0. The number of nitrogens with one attached hydrogen (secondary N) is 1. The van der Waals surface area contributed by atoms with Crippen molar-refractivity contribution in [2.75, 3.05) is 13.1 Å². The average molecular weight is 578 g/mol. The molecule has 0 rings (SSSR count). The molecule has 0 amide bonds. The van der Waals surface area contributed by atoms with E-state index in [-0.39, 0.29) is 0 Å². The second kappa shape index (κ2) is 40.0. The van der Waals surface area contributed by atoms with Crippen LogP contribution in [0.3, 0.4) is 0 Å². The lowest BCUT2D eigenvalue weighted by atomic mass is 10.0. The zero-order valence-corrected chi connectivity index (χ0v) is 29.4. The summed E-state index contributed by atoms with van der Waals surface area (Å²) in [4.78, 5) is 0. The molecule has 0 fully saturated rings. The predicted molar refractivity (Wildman–Crippen MR) is 190 cm³/mol. The highest BCUT2D eigenvalue weighted by atomic mass is 14.8. The third-order valence-electron chi connectivity index (χ3n) is 9.46. The van der Waals surface area contributed by atoms with E-state index in [2.05, 4.69) is 19.2 Å². The van der Waals surface area contributed by atoms with Gasteiger partial charge in [-0.1, -0.05) is 239 Å². The maximum atomic E-state index is 3.42. The lowest BCUT2D eigenvalue weighted by Crippen LogP contribution is -2.13. The van der Waals surface area contributed by atoms with Crippen molar-refractivity contribution < 1.29 is 0 Å². The molecule has 0 heterocycles. The van der Waals surface area contributed by atoms with Crippen LogP contribution in [0.2, 0.25) is 0 Å². The summed E-state index contributed by atoms with van der Waals surface area (Å²) >= 11 is 0. The van der Waals surface area contributed by atoms with E-state index in [0.29, 0.717) is 0 Å². The van der Waals surface area contributed by atoms with Gasteiger partial charge in [0.25, 0.3) is 0 Å². The van der Waals surface area contributed by atoms with Crippen molar-refractivity contribution in [1.82, 2.24) is 5.32 Å². The minimum absolute atomic E-state index is 1.12. The molecular formula is C40H83N. The molecule has 0 aliphatic rings. The van der Waals surface area contributed by atoms with Crippen molar-refractivity contribution in [2.24, 2.45) is 0 Å². The summed E-state index contributed by atoms with van der Waals surface area (Å²) in [5.74, 6) is 0. The first-order chi connectivity index (χ1) is 20.4. The van der Waals surface area contributed by atoms with E-state index in [1.165, 1.54) is 238 Å². The van der Waals surface area contributed by atoms with Crippen molar-refractivity contribution in [3.63, 3.8) is 0 Å². The Labute approximate surface area is 263 Å². The first-order valence-corrected chi connectivity index (χ1v) is 20.1. The van der Waals surface area contributed by atoms with Gasteiger partial charge < -0.3 is 5.32 Å². The number of hydrogen-bond donors (Lipinski definition) is 1. The lowest BCUT2D eigenvalue weighted by molar-refractivity contribution is 0.510. The molecular weight excluding hydrogens is 494 g/mol.